The highest BCUT2D eigenvalue weighted by atomic mass is 35.5. The van der Waals surface area contributed by atoms with E-state index in [-0.39, 0.29) is 24.4 Å². The van der Waals surface area contributed by atoms with E-state index in [0.717, 1.165) is 29.0 Å². The molecule has 28 heavy (non-hydrogen) atoms. The fraction of sp³-hybridized carbons (Fsp3) is 0.409. The van der Waals surface area contributed by atoms with Gasteiger partial charge >= 0.3 is 0 Å². The Bertz CT molecular complexity index is 761. The molecule has 0 saturated carbocycles. The second-order valence-electron chi connectivity index (χ2n) is 6.72. The molecule has 0 bridgehead atoms. The predicted octanol–water partition coefficient (Wildman–Crippen LogP) is 3.68. The number of carbonyl (C=O) groups excluding carboxylic acids is 1. The number of methoxy groups -OCH3 is 1. The summed E-state index contributed by atoms with van der Waals surface area (Å²) in [5.74, 6) is 0.892. The summed E-state index contributed by atoms with van der Waals surface area (Å²) in [6.45, 7) is 6.69. The summed E-state index contributed by atoms with van der Waals surface area (Å²) >= 11 is 0. The van der Waals surface area contributed by atoms with Crippen LogP contribution in [0.15, 0.2) is 48.5 Å². The summed E-state index contributed by atoms with van der Waals surface area (Å²) in [5.41, 5.74) is 3.35. The van der Waals surface area contributed by atoms with Crippen molar-refractivity contribution in [3.63, 3.8) is 0 Å². The number of likely N-dealkylation sites (N-methyl/N-ethyl adjacent to an activating group) is 1. The SMILES string of the molecule is CCN(C(=O)C1CNCCO1)C(C)c1ccc(-c2cccc(OC)c2)cc1.Cl. The van der Waals surface area contributed by atoms with Gasteiger partial charge in [-0.2, -0.15) is 0 Å². The highest BCUT2D eigenvalue weighted by Gasteiger charge is 2.29. The molecule has 2 aromatic carbocycles. The van der Waals surface area contributed by atoms with Crippen LogP contribution in [-0.2, 0) is 9.53 Å². The van der Waals surface area contributed by atoms with Gasteiger partial charge in [-0.3, -0.25) is 4.79 Å². The number of benzene rings is 2. The molecule has 0 spiro atoms. The summed E-state index contributed by atoms with van der Waals surface area (Å²) in [7, 11) is 1.67. The molecule has 5 nitrogen and oxygen atoms in total. The predicted molar refractivity (Wildman–Crippen MR) is 114 cm³/mol. The van der Waals surface area contributed by atoms with E-state index in [4.69, 9.17) is 9.47 Å². The van der Waals surface area contributed by atoms with Crippen molar-refractivity contribution >= 4 is 18.3 Å². The van der Waals surface area contributed by atoms with Crippen molar-refractivity contribution in [1.82, 2.24) is 10.2 Å². The second kappa shape index (κ2) is 10.5. The van der Waals surface area contributed by atoms with Gasteiger partial charge in [0, 0.05) is 19.6 Å². The summed E-state index contributed by atoms with van der Waals surface area (Å²) in [6, 6.07) is 16.4. The molecule has 0 radical (unpaired) electrons. The van der Waals surface area contributed by atoms with E-state index in [1.54, 1.807) is 7.11 Å². The molecule has 1 amide bonds. The molecule has 2 aromatic rings. The maximum atomic E-state index is 12.9. The van der Waals surface area contributed by atoms with Crippen LogP contribution >= 0.6 is 12.4 Å². The molecule has 3 rings (SSSR count). The molecule has 2 atom stereocenters. The molecule has 1 aliphatic rings. The molecule has 0 aromatic heterocycles. The van der Waals surface area contributed by atoms with Gasteiger partial charge in [-0.05, 0) is 42.7 Å². The lowest BCUT2D eigenvalue weighted by Gasteiger charge is -2.33. The molecule has 1 N–H and O–H groups in total. The Kier molecular flexibility index (Phi) is 8.30. The van der Waals surface area contributed by atoms with Gasteiger partial charge in [0.25, 0.3) is 5.91 Å². The monoisotopic (exact) mass is 404 g/mol. The van der Waals surface area contributed by atoms with E-state index in [0.29, 0.717) is 19.7 Å². The number of ether oxygens (including phenoxy) is 2. The van der Waals surface area contributed by atoms with Gasteiger partial charge in [-0.1, -0.05) is 36.4 Å². The molecule has 6 heteroatoms. The van der Waals surface area contributed by atoms with E-state index in [2.05, 4.69) is 42.6 Å². The molecular weight excluding hydrogens is 376 g/mol. The van der Waals surface area contributed by atoms with E-state index < -0.39 is 6.10 Å². The first-order valence-corrected chi connectivity index (χ1v) is 9.51. The fourth-order valence-electron chi connectivity index (χ4n) is 3.47. The number of nitrogens with one attached hydrogen (secondary N) is 1. The third-order valence-corrected chi connectivity index (χ3v) is 5.09. The molecule has 1 aliphatic heterocycles. The lowest BCUT2D eigenvalue weighted by molar-refractivity contribution is -0.147. The summed E-state index contributed by atoms with van der Waals surface area (Å²) in [5, 5.41) is 3.23. The number of carbonyl (C=O) groups is 1. The number of nitrogens with zero attached hydrogens (tertiary/aromatic N) is 1. The van der Waals surface area contributed by atoms with Crippen LogP contribution in [0.3, 0.4) is 0 Å². The van der Waals surface area contributed by atoms with Gasteiger partial charge in [0.15, 0.2) is 0 Å². The first-order valence-electron chi connectivity index (χ1n) is 9.51. The average Bonchev–Trinajstić information content (AvgIpc) is 2.75. The third kappa shape index (κ3) is 5.04. The maximum Gasteiger partial charge on any atom is 0.253 e. The first-order chi connectivity index (χ1) is 13.1. The molecule has 1 fully saturated rings. The lowest BCUT2D eigenvalue weighted by Crippen LogP contribution is -2.49. The van der Waals surface area contributed by atoms with E-state index in [1.165, 1.54) is 0 Å². The van der Waals surface area contributed by atoms with Crippen LogP contribution in [0.1, 0.15) is 25.5 Å². The van der Waals surface area contributed by atoms with Gasteiger partial charge in [0.2, 0.25) is 0 Å². The minimum Gasteiger partial charge on any atom is -0.497 e. The Labute approximate surface area is 173 Å². The molecule has 0 aliphatic carbocycles. The van der Waals surface area contributed by atoms with Gasteiger partial charge in [0.1, 0.15) is 11.9 Å². The van der Waals surface area contributed by atoms with Crippen LogP contribution in [0.4, 0.5) is 0 Å². The van der Waals surface area contributed by atoms with Gasteiger partial charge in [-0.25, -0.2) is 0 Å². The van der Waals surface area contributed by atoms with Gasteiger partial charge in [-0.15, -0.1) is 12.4 Å². The maximum absolute atomic E-state index is 12.9. The standard InChI is InChI=1S/C22H28N2O3.ClH/c1-4-24(22(25)21-15-23-12-13-27-21)16(2)17-8-10-18(11-9-17)19-6-5-7-20(14-19)26-3;/h5-11,14,16,21,23H,4,12-13,15H2,1-3H3;1H. The van der Waals surface area contributed by atoms with Crippen LogP contribution in [0, 0.1) is 0 Å². The minimum atomic E-state index is -0.391. The lowest BCUT2D eigenvalue weighted by atomic mass is 10.00. The molecule has 1 heterocycles. The van der Waals surface area contributed by atoms with Gasteiger partial charge < -0.3 is 19.7 Å². The highest BCUT2D eigenvalue weighted by Crippen LogP contribution is 2.27. The van der Waals surface area contributed by atoms with Crippen molar-refractivity contribution in [2.24, 2.45) is 0 Å². The summed E-state index contributed by atoms with van der Waals surface area (Å²) in [4.78, 5) is 14.7. The minimum absolute atomic E-state index is 0. The number of hydrogen-bond acceptors (Lipinski definition) is 4. The van der Waals surface area contributed by atoms with Crippen molar-refractivity contribution in [3.05, 3.63) is 54.1 Å². The van der Waals surface area contributed by atoms with Crippen LogP contribution in [-0.4, -0.2) is 50.3 Å². The largest absolute Gasteiger partial charge is 0.497 e. The van der Waals surface area contributed by atoms with Gasteiger partial charge in [0.05, 0.1) is 19.8 Å². The zero-order valence-corrected chi connectivity index (χ0v) is 17.5. The Hall–Kier alpha value is -2.08. The zero-order chi connectivity index (χ0) is 19.2. The Morgan fingerprint density at radius 1 is 1.25 bits per heavy atom. The number of rotatable bonds is 6. The molecule has 2 unspecified atom stereocenters. The normalized spacial score (nSPS) is 17.3. The average molecular weight is 405 g/mol. The topological polar surface area (TPSA) is 50.8 Å². The third-order valence-electron chi connectivity index (χ3n) is 5.09. The number of morpholine rings is 1. The highest BCUT2D eigenvalue weighted by molar-refractivity contribution is 5.85. The summed E-state index contributed by atoms with van der Waals surface area (Å²) in [6.07, 6.45) is -0.391. The smallest absolute Gasteiger partial charge is 0.253 e. The van der Waals surface area contributed by atoms with Crippen molar-refractivity contribution in [2.75, 3.05) is 33.4 Å². The summed E-state index contributed by atoms with van der Waals surface area (Å²) < 4.78 is 10.9. The molecular formula is C22H29ClN2O3. The fourth-order valence-corrected chi connectivity index (χ4v) is 3.47. The quantitative estimate of drug-likeness (QED) is 0.797. The first kappa shape index (κ1) is 22.2. The van der Waals surface area contributed by atoms with Crippen molar-refractivity contribution in [1.29, 1.82) is 0 Å². The Balaban J connectivity index is 0.00000280. The number of halogens is 1. The molecule has 152 valence electrons. The molecule has 1 saturated heterocycles. The zero-order valence-electron chi connectivity index (χ0n) is 16.7. The van der Waals surface area contributed by atoms with Crippen molar-refractivity contribution in [2.45, 2.75) is 26.0 Å². The van der Waals surface area contributed by atoms with Crippen molar-refractivity contribution in [3.8, 4) is 16.9 Å². The van der Waals surface area contributed by atoms with Crippen LogP contribution in [0.5, 0.6) is 5.75 Å². The van der Waals surface area contributed by atoms with E-state index in [1.807, 2.05) is 30.0 Å². The second-order valence-corrected chi connectivity index (χ2v) is 6.72. The van der Waals surface area contributed by atoms with Crippen LogP contribution in [0.25, 0.3) is 11.1 Å². The number of amides is 1. The van der Waals surface area contributed by atoms with Crippen molar-refractivity contribution < 1.29 is 14.3 Å². The van der Waals surface area contributed by atoms with Crippen LogP contribution in [0.2, 0.25) is 0 Å². The van der Waals surface area contributed by atoms with E-state index in [9.17, 15) is 4.79 Å². The Morgan fingerprint density at radius 2 is 2.00 bits per heavy atom. The Morgan fingerprint density at radius 3 is 2.61 bits per heavy atom. The van der Waals surface area contributed by atoms with Crippen LogP contribution < -0.4 is 10.1 Å². The number of hydrogen-bond donors (Lipinski definition) is 1. The van der Waals surface area contributed by atoms with E-state index >= 15 is 0 Å².